The van der Waals surface area contributed by atoms with Crippen LogP contribution in [0.15, 0.2) is 12.1 Å². The molecule has 110 valence electrons. The molecule has 1 amide bonds. The second-order valence-electron chi connectivity index (χ2n) is 5.59. The molecule has 1 aliphatic rings. The highest BCUT2D eigenvalue weighted by Crippen LogP contribution is 2.29. The van der Waals surface area contributed by atoms with Crippen LogP contribution in [0.25, 0.3) is 0 Å². The minimum Gasteiger partial charge on any atom is -0.370 e. The van der Waals surface area contributed by atoms with Gasteiger partial charge in [-0.3, -0.25) is 4.79 Å². The summed E-state index contributed by atoms with van der Waals surface area (Å²) in [7, 11) is 0. The van der Waals surface area contributed by atoms with Crippen LogP contribution in [0.5, 0.6) is 0 Å². The fraction of sp³-hybridized carbons (Fsp3) is 0.600. The lowest BCUT2D eigenvalue weighted by Crippen LogP contribution is -2.28. The van der Waals surface area contributed by atoms with Crippen molar-refractivity contribution in [3.8, 4) is 0 Å². The van der Waals surface area contributed by atoms with Crippen LogP contribution < -0.4 is 10.6 Å². The molecule has 2 rings (SSSR count). The van der Waals surface area contributed by atoms with Crippen LogP contribution in [0, 0.1) is 11.8 Å². The van der Waals surface area contributed by atoms with Crippen LogP contribution in [0.2, 0.25) is 5.15 Å². The van der Waals surface area contributed by atoms with Gasteiger partial charge in [-0.15, -0.1) is 0 Å². The average molecular weight is 296 g/mol. The monoisotopic (exact) mass is 295 g/mol. The molecular weight excluding hydrogens is 274 g/mol. The highest BCUT2D eigenvalue weighted by atomic mass is 35.5. The van der Waals surface area contributed by atoms with E-state index >= 15 is 0 Å². The van der Waals surface area contributed by atoms with Crippen LogP contribution in [-0.2, 0) is 0 Å². The molecule has 2 N–H and O–H groups in total. The zero-order valence-corrected chi connectivity index (χ0v) is 12.8. The molecule has 1 aliphatic carbocycles. The summed E-state index contributed by atoms with van der Waals surface area (Å²) in [4.78, 5) is 16.3. The standard InChI is InChI=1S/C15H22ClN3O/c1-3-17-14-8-12(7-13(16)19-14)15(20)18-9-11-5-4-10(2)6-11/h7-8,10-11H,3-6,9H2,1-2H3,(H,17,19)(H,18,20). The third-order valence-corrected chi connectivity index (χ3v) is 3.96. The van der Waals surface area contributed by atoms with Gasteiger partial charge in [-0.25, -0.2) is 4.98 Å². The Hall–Kier alpha value is -1.29. The van der Waals surface area contributed by atoms with Gasteiger partial charge in [0.05, 0.1) is 0 Å². The number of nitrogens with zero attached hydrogens (tertiary/aromatic N) is 1. The maximum Gasteiger partial charge on any atom is 0.251 e. The number of halogens is 1. The number of hydrogen-bond acceptors (Lipinski definition) is 3. The van der Waals surface area contributed by atoms with Crippen LogP contribution in [-0.4, -0.2) is 24.0 Å². The van der Waals surface area contributed by atoms with Crippen molar-refractivity contribution < 1.29 is 4.79 Å². The number of pyridine rings is 1. The van der Waals surface area contributed by atoms with Crippen molar-refractivity contribution in [2.45, 2.75) is 33.1 Å². The summed E-state index contributed by atoms with van der Waals surface area (Å²) in [5.41, 5.74) is 0.562. The first-order chi connectivity index (χ1) is 9.58. The van der Waals surface area contributed by atoms with E-state index in [-0.39, 0.29) is 5.91 Å². The highest BCUT2D eigenvalue weighted by Gasteiger charge is 2.21. The van der Waals surface area contributed by atoms with Gasteiger partial charge < -0.3 is 10.6 Å². The molecule has 1 heterocycles. The van der Waals surface area contributed by atoms with Gasteiger partial charge in [-0.1, -0.05) is 24.9 Å². The van der Waals surface area contributed by atoms with Crippen molar-refractivity contribution >= 4 is 23.3 Å². The Kier molecular flexibility index (Phi) is 5.24. The number of rotatable bonds is 5. The number of anilines is 1. The van der Waals surface area contributed by atoms with Gasteiger partial charge in [0.1, 0.15) is 11.0 Å². The molecule has 2 unspecified atom stereocenters. The molecule has 0 aliphatic heterocycles. The molecule has 4 nitrogen and oxygen atoms in total. The lowest BCUT2D eigenvalue weighted by molar-refractivity contribution is 0.0947. The fourth-order valence-electron chi connectivity index (χ4n) is 2.75. The predicted molar refractivity (Wildman–Crippen MR) is 82.2 cm³/mol. The summed E-state index contributed by atoms with van der Waals surface area (Å²) in [5, 5.41) is 6.41. The minimum atomic E-state index is -0.0759. The minimum absolute atomic E-state index is 0.0759. The maximum atomic E-state index is 12.2. The largest absolute Gasteiger partial charge is 0.370 e. The smallest absolute Gasteiger partial charge is 0.251 e. The van der Waals surface area contributed by atoms with E-state index in [4.69, 9.17) is 11.6 Å². The van der Waals surface area contributed by atoms with E-state index in [1.165, 1.54) is 19.3 Å². The first kappa shape index (κ1) is 15.1. The molecule has 1 saturated carbocycles. The summed E-state index contributed by atoms with van der Waals surface area (Å²) in [6.45, 7) is 5.74. The Morgan fingerprint density at radius 3 is 2.90 bits per heavy atom. The van der Waals surface area contributed by atoms with Crippen LogP contribution in [0.3, 0.4) is 0 Å². The van der Waals surface area contributed by atoms with Gasteiger partial charge in [0.15, 0.2) is 0 Å². The Morgan fingerprint density at radius 1 is 1.45 bits per heavy atom. The predicted octanol–water partition coefficient (Wildman–Crippen LogP) is 3.33. The van der Waals surface area contributed by atoms with E-state index in [2.05, 4.69) is 22.5 Å². The molecule has 0 bridgehead atoms. The van der Waals surface area contributed by atoms with E-state index in [0.29, 0.717) is 22.5 Å². The summed E-state index contributed by atoms with van der Waals surface area (Å²) < 4.78 is 0. The zero-order valence-electron chi connectivity index (χ0n) is 12.1. The summed E-state index contributed by atoms with van der Waals surface area (Å²) >= 11 is 5.95. The Morgan fingerprint density at radius 2 is 2.25 bits per heavy atom. The van der Waals surface area contributed by atoms with E-state index < -0.39 is 0 Å². The van der Waals surface area contributed by atoms with E-state index in [9.17, 15) is 4.79 Å². The van der Waals surface area contributed by atoms with Crippen LogP contribution in [0.1, 0.15) is 43.5 Å². The molecule has 1 aromatic heterocycles. The van der Waals surface area contributed by atoms with Crippen molar-refractivity contribution in [1.29, 1.82) is 0 Å². The highest BCUT2D eigenvalue weighted by molar-refractivity contribution is 6.29. The number of aromatic nitrogens is 1. The lowest BCUT2D eigenvalue weighted by atomic mass is 10.1. The normalized spacial score (nSPS) is 21.8. The lowest BCUT2D eigenvalue weighted by Gasteiger charge is -2.12. The summed E-state index contributed by atoms with van der Waals surface area (Å²) in [6, 6.07) is 3.34. The van der Waals surface area contributed by atoms with Gasteiger partial charge in [0.2, 0.25) is 0 Å². The van der Waals surface area contributed by atoms with Crippen molar-refractivity contribution in [1.82, 2.24) is 10.3 Å². The molecule has 2 atom stereocenters. The van der Waals surface area contributed by atoms with Crippen LogP contribution in [0.4, 0.5) is 5.82 Å². The molecule has 0 spiro atoms. The van der Waals surface area contributed by atoms with Gasteiger partial charge in [0.25, 0.3) is 5.91 Å². The molecule has 0 aromatic carbocycles. The maximum absolute atomic E-state index is 12.2. The Balaban J connectivity index is 1.94. The molecular formula is C15H22ClN3O. The summed E-state index contributed by atoms with van der Waals surface area (Å²) in [5.74, 6) is 1.96. The number of nitrogens with one attached hydrogen (secondary N) is 2. The van der Waals surface area contributed by atoms with Crippen molar-refractivity contribution in [2.24, 2.45) is 11.8 Å². The number of hydrogen-bond donors (Lipinski definition) is 2. The van der Waals surface area contributed by atoms with E-state index in [1.54, 1.807) is 12.1 Å². The average Bonchev–Trinajstić information content (AvgIpc) is 2.81. The van der Waals surface area contributed by atoms with Gasteiger partial charge in [-0.2, -0.15) is 0 Å². The van der Waals surface area contributed by atoms with Crippen molar-refractivity contribution in [3.05, 3.63) is 22.8 Å². The number of carbonyl (C=O) groups is 1. The van der Waals surface area contributed by atoms with E-state index in [0.717, 1.165) is 19.0 Å². The van der Waals surface area contributed by atoms with Crippen LogP contribution >= 0.6 is 11.6 Å². The molecule has 1 aromatic rings. The second-order valence-corrected chi connectivity index (χ2v) is 5.98. The first-order valence-corrected chi connectivity index (χ1v) is 7.66. The molecule has 5 heteroatoms. The Bertz CT molecular complexity index is 478. The zero-order chi connectivity index (χ0) is 14.5. The van der Waals surface area contributed by atoms with E-state index in [1.807, 2.05) is 6.92 Å². The second kappa shape index (κ2) is 6.93. The quantitative estimate of drug-likeness (QED) is 0.819. The SMILES string of the molecule is CCNc1cc(C(=O)NCC2CCC(C)C2)cc(Cl)n1. The molecule has 0 saturated heterocycles. The summed E-state index contributed by atoms with van der Waals surface area (Å²) in [6.07, 6.45) is 3.69. The topological polar surface area (TPSA) is 54.0 Å². The first-order valence-electron chi connectivity index (χ1n) is 7.28. The molecule has 1 fully saturated rings. The third kappa shape index (κ3) is 4.10. The van der Waals surface area contributed by atoms with Gasteiger partial charge in [-0.05, 0) is 43.7 Å². The molecule has 20 heavy (non-hydrogen) atoms. The van der Waals surface area contributed by atoms with Crippen molar-refractivity contribution in [3.63, 3.8) is 0 Å². The number of carbonyl (C=O) groups excluding carboxylic acids is 1. The molecule has 0 radical (unpaired) electrons. The third-order valence-electron chi connectivity index (χ3n) is 3.77. The van der Waals surface area contributed by atoms with Crippen molar-refractivity contribution in [2.75, 3.05) is 18.4 Å². The van der Waals surface area contributed by atoms with Gasteiger partial charge >= 0.3 is 0 Å². The Labute approximate surface area is 125 Å². The fourth-order valence-corrected chi connectivity index (χ4v) is 2.96. The van der Waals surface area contributed by atoms with Gasteiger partial charge in [0, 0.05) is 18.7 Å². The number of amides is 1.